The van der Waals surface area contributed by atoms with Gasteiger partial charge < -0.3 is 9.73 Å². The Hall–Kier alpha value is -2.12. The van der Waals surface area contributed by atoms with Crippen LogP contribution in [0.2, 0.25) is 0 Å². The van der Waals surface area contributed by atoms with Gasteiger partial charge in [-0.2, -0.15) is 0 Å². The number of carbonyl (C=O) groups excluding carboxylic acids is 1. The lowest BCUT2D eigenvalue weighted by Gasteiger charge is -2.20. The molecule has 1 aromatic heterocycles. The zero-order chi connectivity index (χ0) is 19.0. The summed E-state index contributed by atoms with van der Waals surface area (Å²) in [6.45, 7) is 10.6. The average Bonchev–Trinajstić information content (AvgIpc) is 2.69. The van der Waals surface area contributed by atoms with Crippen molar-refractivity contribution in [2.45, 2.75) is 52.0 Å². The molecular formula is C18H24N2O4S. The van der Waals surface area contributed by atoms with Crippen LogP contribution in [0.25, 0.3) is 0 Å². The van der Waals surface area contributed by atoms with Crippen molar-refractivity contribution in [3.63, 3.8) is 0 Å². The summed E-state index contributed by atoms with van der Waals surface area (Å²) >= 11 is 0. The first kappa shape index (κ1) is 19.2. The number of hydrogen-bond donors (Lipinski definition) is 2. The van der Waals surface area contributed by atoms with Gasteiger partial charge in [0, 0.05) is 16.8 Å². The molecule has 1 amide bonds. The van der Waals surface area contributed by atoms with E-state index in [0.717, 1.165) is 5.56 Å². The van der Waals surface area contributed by atoms with Crippen LogP contribution in [0.5, 0.6) is 0 Å². The normalized spacial score (nSPS) is 12.2. The lowest BCUT2D eigenvalue weighted by atomic mass is 10.1. The first-order valence-corrected chi connectivity index (χ1v) is 9.41. The second-order valence-corrected chi connectivity index (χ2v) is 8.73. The number of furan rings is 1. The summed E-state index contributed by atoms with van der Waals surface area (Å²) in [7, 11) is -3.67. The Labute approximate surface area is 148 Å². The van der Waals surface area contributed by atoms with Gasteiger partial charge in [0.1, 0.15) is 11.5 Å². The third kappa shape index (κ3) is 4.49. The Kier molecular flexibility index (Phi) is 5.11. The van der Waals surface area contributed by atoms with E-state index in [-0.39, 0.29) is 10.8 Å². The molecule has 0 saturated heterocycles. The highest BCUT2D eigenvalue weighted by atomic mass is 32.2. The van der Waals surface area contributed by atoms with Gasteiger partial charge in [0.2, 0.25) is 10.0 Å². The molecule has 0 saturated carbocycles. The van der Waals surface area contributed by atoms with Crippen molar-refractivity contribution in [3.05, 3.63) is 46.9 Å². The number of benzene rings is 1. The summed E-state index contributed by atoms with van der Waals surface area (Å²) < 4.78 is 32.9. The molecule has 1 heterocycles. The van der Waals surface area contributed by atoms with Gasteiger partial charge in [0.05, 0.1) is 10.5 Å². The topological polar surface area (TPSA) is 88.4 Å². The van der Waals surface area contributed by atoms with Crippen LogP contribution in [0.1, 0.15) is 48.2 Å². The van der Waals surface area contributed by atoms with Crippen LogP contribution < -0.4 is 10.0 Å². The monoisotopic (exact) mass is 364 g/mol. The SMILES string of the molecule is Cc1oc(C)c(C(=O)Nc2cccc(S(=O)(=O)NC(C)(C)C)c2)c1C. The molecule has 0 aliphatic heterocycles. The maximum atomic E-state index is 12.5. The largest absolute Gasteiger partial charge is 0.466 e. The van der Waals surface area contributed by atoms with Crippen molar-refractivity contribution in [1.29, 1.82) is 0 Å². The Bertz CT molecular complexity index is 906. The molecular weight excluding hydrogens is 340 g/mol. The summed E-state index contributed by atoms with van der Waals surface area (Å²) in [5.41, 5.74) is 1.05. The Balaban J connectivity index is 2.29. The van der Waals surface area contributed by atoms with E-state index in [1.165, 1.54) is 12.1 Å². The third-order valence-electron chi connectivity index (χ3n) is 3.63. The maximum absolute atomic E-state index is 12.5. The quantitative estimate of drug-likeness (QED) is 0.868. The molecule has 0 spiro atoms. The minimum absolute atomic E-state index is 0.0945. The van der Waals surface area contributed by atoms with Gasteiger partial charge in [-0.05, 0) is 59.7 Å². The van der Waals surface area contributed by atoms with Gasteiger partial charge in [0.25, 0.3) is 5.91 Å². The fraction of sp³-hybridized carbons (Fsp3) is 0.389. The fourth-order valence-corrected chi connectivity index (χ4v) is 3.99. The summed E-state index contributed by atoms with van der Waals surface area (Å²) in [6.07, 6.45) is 0. The van der Waals surface area contributed by atoms with Crippen LogP contribution in [-0.2, 0) is 10.0 Å². The van der Waals surface area contributed by atoms with E-state index < -0.39 is 15.6 Å². The van der Waals surface area contributed by atoms with E-state index >= 15 is 0 Å². The van der Waals surface area contributed by atoms with Crippen LogP contribution in [0, 0.1) is 20.8 Å². The highest BCUT2D eigenvalue weighted by molar-refractivity contribution is 7.89. The minimum atomic E-state index is -3.67. The molecule has 6 nitrogen and oxygen atoms in total. The van der Waals surface area contributed by atoms with E-state index in [9.17, 15) is 13.2 Å². The zero-order valence-electron chi connectivity index (χ0n) is 15.4. The van der Waals surface area contributed by atoms with E-state index in [1.807, 2.05) is 6.92 Å². The van der Waals surface area contributed by atoms with Crippen molar-refractivity contribution in [2.75, 3.05) is 5.32 Å². The second kappa shape index (κ2) is 6.65. The maximum Gasteiger partial charge on any atom is 0.259 e. The van der Waals surface area contributed by atoms with Crippen LogP contribution in [-0.4, -0.2) is 19.9 Å². The van der Waals surface area contributed by atoms with Crippen molar-refractivity contribution >= 4 is 21.6 Å². The predicted octanol–water partition coefficient (Wildman–Crippen LogP) is 3.53. The summed E-state index contributed by atoms with van der Waals surface area (Å²) in [4.78, 5) is 12.6. The first-order chi connectivity index (χ1) is 11.4. The number of carbonyl (C=O) groups is 1. The van der Waals surface area contributed by atoms with Gasteiger partial charge in [-0.3, -0.25) is 4.79 Å². The Morgan fingerprint density at radius 3 is 2.24 bits per heavy atom. The standard InChI is InChI=1S/C18H24N2O4S/c1-11-12(2)24-13(3)16(11)17(21)19-14-8-7-9-15(10-14)25(22,23)20-18(4,5)6/h7-10,20H,1-6H3,(H,19,21). The van der Waals surface area contributed by atoms with Gasteiger partial charge in [0.15, 0.2) is 0 Å². The van der Waals surface area contributed by atoms with Gasteiger partial charge >= 0.3 is 0 Å². The van der Waals surface area contributed by atoms with Gasteiger partial charge in [-0.15, -0.1) is 0 Å². The molecule has 0 aliphatic rings. The molecule has 136 valence electrons. The van der Waals surface area contributed by atoms with Crippen LogP contribution >= 0.6 is 0 Å². The molecule has 2 N–H and O–H groups in total. The molecule has 0 unspecified atom stereocenters. The molecule has 0 fully saturated rings. The molecule has 0 atom stereocenters. The number of amides is 1. The van der Waals surface area contributed by atoms with Gasteiger partial charge in [-0.25, -0.2) is 13.1 Å². The number of hydrogen-bond acceptors (Lipinski definition) is 4. The van der Waals surface area contributed by atoms with Crippen LogP contribution in [0.15, 0.2) is 33.6 Å². The molecule has 0 radical (unpaired) electrons. The second-order valence-electron chi connectivity index (χ2n) is 7.05. The van der Waals surface area contributed by atoms with Crippen molar-refractivity contribution in [3.8, 4) is 0 Å². The summed E-state index contributed by atoms with van der Waals surface area (Å²) in [5, 5.41) is 2.74. The molecule has 2 rings (SSSR count). The average molecular weight is 364 g/mol. The minimum Gasteiger partial charge on any atom is -0.466 e. The van der Waals surface area contributed by atoms with Gasteiger partial charge in [-0.1, -0.05) is 6.07 Å². The number of anilines is 1. The lowest BCUT2D eigenvalue weighted by Crippen LogP contribution is -2.40. The molecule has 7 heteroatoms. The first-order valence-electron chi connectivity index (χ1n) is 7.93. The number of aryl methyl sites for hydroxylation is 2. The highest BCUT2D eigenvalue weighted by Gasteiger charge is 2.23. The third-order valence-corrected chi connectivity index (χ3v) is 5.39. The molecule has 0 bridgehead atoms. The van der Waals surface area contributed by atoms with Crippen molar-refractivity contribution < 1.29 is 17.6 Å². The lowest BCUT2D eigenvalue weighted by molar-refractivity contribution is 0.102. The summed E-state index contributed by atoms with van der Waals surface area (Å²) in [6, 6.07) is 6.16. The molecule has 2 aromatic rings. The number of rotatable bonds is 4. The van der Waals surface area contributed by atoms with E-state index in [2.05, 4.69) is 10.0 Å². The predicted molar refractivity (Wildman–Crippen MR) is 97.4 cm³/mol. The Morgan fingerprint density at radius 2 is 1.72 bits per heavy atom. The van der Waals surface area contributed by atoms with Crippen LogP contribution in [0.3, 0.4) is 0 Å². The Morgan fingerprint density at radius 1 is 1.08 bits per heavy atom. The van der Waals surface area contributed by atoms with E-state index in [4.69, 9.17) is 4.42 Å². The number of sulfonamides is 1. The van der Waals surface area contributed by atoms with E-state index in [0.29, 0.717) is 22.8 Å². The fourth-order valence-electron chi connectivity index (χ4n) is 2.52. The summed E-state index contributed by atoms with van der Waals surface area (Å²) in [5.74, 6) is 0.893. The highest BCUT2D eigenvalue weighted by Crippen LogP contribution is 2.23. The smallest absolute Gasteiger partial charge is 0.259 e. The van der Waals surface area contributed by atoms with Crippen LogP contribution in [0.4, 0.5) is 5.69 Å². The molecule has 1 aromatic carbocycles. The number of nitrogens with one attached hydrogen (secondary N) is 2. The van der Waals surface area contributed by atoms with E-state index in [1.54, 1.807) is 46.8 Å². The van der Waals surface area contributed by atoms with Crippen molar-refractivity contribution in [1.82, 2.24) is 4.72 Å². The zero-order valence-corrected chi connectivity index (χ0v) is 16.2. The molecule has 25 heavy (non-hydrogen) atoms. The molecule has 0 aliphatic carbocycles. The van der Waals surface area contributed by atoms with Crippen molar-refractivity contribution in [2.24, 2.45) is 0 Å².